The summed E-state index contributed by atoms with van der Waals surface area (Å²) < 4.78 is 43.3. The summed E-state index contributed by atoms with van der Waals surface area (Å²) in [7, 11) is 0. The number of β-amino-alcohol motifs (C(OH)–C–C–N with tert-alkyl or cyclic N) is 1. The molecule has 1 amide bonds. The quantitative estimate of drug-likeness (QED) is 0.344. The number of nitrogens with one attached hydrogen (secondary N) is 1. The first-order valence-electron chi connectivity index (χ1n) is 11.9. The number of anilines is 2. The van der Waals surface area contributed by atoms with E-state index in [1.54, 1.807) is 23.3 Å². The minimum atomic E-state index is -2.99. The van der Waals surface area contributed by atoms with Crippen LogP contribution in [0.2, 0.25) is 5.02 Å². The van der Waals surface area contributed by atoms with Crippen molar-refractivity contribution in [3.8, 4) is 11.3 Å². The van der Waals surface area contributed by atoms with Gasteiger partial charge in [0.05, 0.1) is 47.1 Å². The molecule has 0 radical (unpaired) electrons. The number of aromatic nitrogens is 6. The van der Waals surface area contributed by atoms with Gasteiger partial charge in [-0.05, 0) is 19.4 Å². The summed E-state index contributed by atoms with van der Waals surface area (Å²) in [5, 5.41) is 16.3. The first kappa shape index (κ1) is 26.5. The molecule has 4 heterocycles. The second-order valence-corrected chi connectivity index (χ2v) is 9.37. The Morgan fingerprint density at radius 3 is 2.64 bits per heavy atom. The van der Waals surface area contributed by atoms with Gasteiger partial charge in [0.25, 0.3) is 12.3 Å². The van der Waals surface area contributed by atoms with Crippen molar-refractivity contribution in [1.29, 1.82) is 0 Å². The lowest BCUT2D eigenvalue weighted by molar-refractivity contribution is 0.102. The van der Waals surface area contributed by atoms with Crippen LogP contribution in [0, 0.1) is 5.82 Å². The fraction of sp³-hybridized carbons (Fsp3) is 0.280. The molecular weight excluding hydrogens is 537 g/mol. The fourth-order valence-corrected chi connectivity index (χ4v) is 4.36. The highest BCUT2D eigenvalue weighted by atomic mass is 35.5. The van der Waals surface area contributed by atoms with Crippen molar-refractivity contribution in [3.63, 3.8) is 0 Å². The number of benzene rings is 1. The van der Waals surface area contributed by atoms with Crippen LogP contribution in [0.15, 0.2) is 49.3 Å². The van der Waals surface area contributed by atoms with Gasteiger partial charge in [0.1, 0.15) is 5.69 Å². The van der Waals surface area contributed by atoms with Gasteiger partial charge in [-0.15, -0.1) is 0 Å². The molecule has 0 aliphatic carbocycles. The summed E-state index contributed by atoms with van der Waals surface area (Å²) in [6, 6.07) is 1.77. The Morgan fingerprint density at radius 1 is 1.18 bits per heavy atom. The van der Waals surface area contributed by atoms with Crippen molar-refractivity contribution >= 4 is 29.1 Å². The molecule has 14 heteroatoms. The van der Waals surface area contributed by atoms with Crippen LogP contribution in [0.4, 0.5) is 24.8 Å². The van der Waals surface area contributed by atoms with E-state index < -0.39 is 29.3 Å². The van der Waals surface area contributed by atoms with Gasteiger partial charge >= 0.3 is 0 Å². The molecule has 5 rings (SSSR count). The number of aliphatic hydroxyl groups is 1. The molecule has 202 valence electrons. The summed E-state index contributed by atoms with van der Waals surface area (Å²) in [5.74, 6) is -1.23. The van der Waals surface area contributed by atoms with Gasteiger partial charge in [-0.2, -0.15) is 5.10 Å². The average Bonchev–Trinajstić information content (AvgIpc) is 3.59. The maximum atomic E-state index is 14.7. The molecule has 1 fully saturated rings. The van der Waals surface area contributed by atoms with Gasteiger partial charge in [0.2, 0.25) is 5.95 Å². The topological polar surface area (TPSA) is 122 Å². The minimum Gasteiger partial charge on any atom is -0.391 e. The first-order chi connectivity index (χ1) is 18.7. The van der Waals surface area contributed by atoms with E-state index in [9.17, 15) is 23.1 Å². The molecular formula is C25H22ClF3N8O2. The van der Waals surface area contributed by atoms with Crippen LogP contribution in [0.1, 0.15) is 47.4 Å². The Balaban J connectivity index is 1.30. The van der Waals surface area contributed by atoms with E-state index in [-0.39, 0.29) is 28.6 Å². The zero-order chi connectivity index (χ0) is 27.7. The molecule has 1 saturated heterocycles. The van der Waals surface area contributed by atoms with Crippen LogP contribution >= 0.6 is 11.6 Å². The molecule has 0 spiro atoms. The van der Waals surface area contributed by atoms with Crippen molar-refractivity contribution in [1.82, 2.24) is 29.7 Å². The van der Waals surface area contributed by atoms with E-state index in [1.165, 1.54) is 6.20 Å². The summed E-state index contributed by atoms with van der Waals surface area (Å²) in [4.78, 5) is 31.5. The van der Waals surface area contributed by atoms with Crippen LogP contribution < -0.4 is 10.2 Å². The molecule has 2 N–H and O–H groups in total. The van der Waals surface area contributed by atoms with Gasteiger partial charge in [-0.1, -0.05) is 17.7 Å². The summed E-state index contributed by atoms with van der Waals surface area (Å²) in [5.41, 5.74) is -0.496. The number of rotatable bonds is 7. The number of carbonyl (C=O) groups is 1. The Labute approximate surface area is 225 Å². The number of amides is 1. The summed E-state index contributed by atoms with van der Waals surface area (Å²) in [6.07, 6.45) is 5.90. The molecule has 10 nitrogen and oxygen atoms in total. The number of halogens is 4. The van der Waals surface area contributed by atoms with Crippen molar-refractivity contribution in [2.24, 2.45) is 0 Å². The largest absolute Gasteiger partial charge is 0.391 e. The first-order valence-corrected chi connectivity index (χ1v) is 12.3. The Hall–Kier alpha value is -4.10. The average molecular weight is 559 g/mol. The van der Waals surface area contributed by atoms with Crippen LogP contribution in [-0.4, -0.2) is 59.9 Å². The number of hydrogen-bond donors (Lipinski definition) is 2. The van der Waals surface area contributed by atoms with E-state index in [4.69, 9.17) is 11.6 Å². The Bertz CT molecular complexity index is 1500. The van der Waals surface area contributed by atoms with Gasteiger partial charge < -0.3 is 15.3 Å². The number of carbonyl (C=O) groups excluding carboxylic acids is 1. The minimum absolute atomic E-state index is 0.219. The molecule has 3 aromatic heterocycles. The maximum Gasteiger partial charge on any atom is 0.275 e. The number of hydrogen-bond acceptors (Lipinski definition) is 8. The molecule has 1 aliphatic rings. The zero-order valence-corrected chi connectivity index (χ0v) is 21.2. The third kappa shape index (κ3) is 5.54. The second-order valence-electron chi connectivity index (χ2n) is 8.96. The van der Waals surface area contributed by atoms with E-state index in [0.717, 1.165) is 30.1 Å². The molecule has 0 saturated carbocycles. The standard InChI is InChI=1S/C25H22ClF3N8O2/c1-13(14-6-31-25(32-7-14)36-5-4-16(38)12-36)37-11-15(8-33-37)34-24(39)20-10-30-9-19(35-20)21-17(23(28)29)2-3-18(26)22(21)27/h2-3,6-11,13,16,23,38H,4-5,12H2,1H3,(H,34,39)/t13-,16+/m1/s1. The summed E-state index contributed by atoms with van der Waals surface area (Å²) in [6.45, 7) is 3.06. The highest BCUT2D eigenvalue weighted by Gasteiger charge is 2.24. The number of alkyl halides is 2. The van der Waals surface area contributed by atoms with Crippen molar-refractivity contribution < 1.29 is 23.1 Å². The fourth-order valence-electron chi connectivity index (χ4n) is 4.20. The molecule has 0 bridgehead atoms. The monoisotopic (exact) mass is 558 g/mol. The molecule has 39 heavy (non-hydrogen) atoms. The Morgan fingerprint density at radius 2 is 1.95 bits per heavy atom. The SMILES string of the molecule is C[C@H](c1cnc(N2CC[C@H](O)C2)nc1)n1cc(NC(=O)c2cncc(-c3c(C(F)F)ccc(Cl)c3F)n2)cn1. The molecule has 4 aromatic rings. The van der Waals surface area contributed by atoms with Gasteiger partial charge in [0.15, 0.2) is 5.82 Å². The maximum absolute atomic E-state index is 14.7. The van der Waals surface area contributed by atoms with E-state index in [2.05, 4.69) is 30.4 Å². The lowest BCUT2D eigenvalue weighted by Crippen LogP contribution is -2.23. The highest BCUT2D eigenvalue weighted by molar-refractivity contribution is 6.31. The van der Waals surface area contributed by atoms with Crippen LogP contribution in [-0.2, 0) is 0 Å². The van der Waals surface area contributed by atoms with E-state index >= 15 is 0 Å². The predicted octanol–water partition coefficient (Wildman–Crippen LogP) is 4.29. The molecule has 2 atom stereocenters. The van der Waals surface area contributed by atoms with Crippen LogP contribution in [0.25, 0.3) is 11.3 Å². The van der Waals surface area contributed by atoms with Crippen LogP contribution in [0.5, 0.6) is 0 Å². The van der Waals surface area contributed by atoms with E-state index in [1.807, 2.05) is 11.8 Å². The lowest BCUT2D eigenvalue weighted by atomic mass is 10.0. The second kappa shape index (κ2) is 10.9. The van der Waals surface area contributed by atoms with Crippen LogP contribution in [0.3, 0.4) is 0 Å². The smallest absolute Gasteiger partial charge is 0.275 e. The van der Waals surface area contributed by atoms with Crippen molar-refractivity contribution in [3.05, 3.63) is 77.0 Å². The molecule has 1 aromatic carbocycles. The predicted molar refractivity (Wildman–Crippen MR) is 136 cm³/mol. The number of aliphatic hydroxyl groups excluding tert-OH is 1. The van der Waals surface area contributed by atoms with Gasteiger partial charge in [-0.25, -0.2) is 28.1 Å². The van der Waals surface area contributed by atoms with Crippen molar-refractivity contribution in [2.75, 3.05) is 23.3 Å². The van der Waals surface area contributed by atoms with Gasteiger partial charge in [0, 0.05) is 48.4 Å². The van der Waals surface area contributed by atoms with Crippen molar-refractivity contribution in [2.45, 2.75) is 31.9 Å². The third-order valence-corrected chi connectivity index (χ3v) is 6.62. The highest BCUT2D eigenvalue weighted by Crippen LogP contribution is 2.35. The Kier molecular flexibility index (Phi) is 7.44. The molecule has 0 unspecified atom stereocenters. The third-order valence-electron chi connectivity index (χ3n) is 6.33. The number of nitrogens with zero attached hydrogens (tertiary/aromatic N) is 7. The summed E-state index contributed by atoms with van der Waals surface area (Å²) >= 11 is 5.79. The lowest BCUT2D eigenvalue weighted by Gasteiger charge is -2.17. The molecule has 1 aliphatic heterocycles. The van der Waals surface area contributed by atoms with E-state index in [0.29, 0.717) is 31.1 Å². The zero-order valence-electron chi connectivity index (χ0n) is 20.5. The van der Waals surface area contributed by atoms with Gasteiger partial charge in [-0.3, -0.25) is 14.5 Å². The normalized spacial score (nSPS) is 16.1.